The van der Waals surface area contributed by atoms with Crippen LogP contribution in [0.15, 0.2) is 35.2 Å². The molecular formula is C18H28ClN3O3S. The van der Waals surface area contributed by atoms with Crippen LogP contribution in [-0.4, -0.2) is 50.9 Å². The van der Waals surface area contributed by atoms with E-state index in [1.165, 1.54) is 4.31 Å². The van der Waals surface area contributed by atoms with Gasteiger partial charge in [-0.05, 0) is 56.8 Å². The predicted molar refractivity (Wildman–Crippen MR) is 104 cm³/mol. The van der Waals surface area contributed by atoms with Gasteiger partial charge in [-0.25, -0.2) is 8.42 Å². The van der Waals surface area contributed by atoms with Crippen LogP contribution in [0.5, 0.6) is 0 Å². The highest BCUT2D eigenvalue weighted by atomic mass is 35.5. The van der Waals surface area contributed by atoms with Crippen molar-refractivity contribution < 1.29 is 13.2 Å². The van der Waals surface area contributed by atoms with Crippen molar-refractivity contribution in [2.75, 3.05) is 26.2 Å². The summed E-state index contributed by atoms with van der Waals surface area (Å²) in [7, 11) is -3.64. The Morgan fingerprint density at radius 1 is 1.15 bits per heavy atom. The Labute approximate surface area is 162 Å². The number of rotatable bonds is 5. The highest BCUT2D eigenvalue weighted by Gasteiger charge is 2.37. The molecule has 146 valence electrons. The number of piperidine rings is 2. The summed E-state index contributed by atoms with van der Waals surface area (Å²) >= 11 is 0. The van der Waals surface area contributed by atoms with Crippen LogP contribution in [0.25, 0.3) is 0 Å². The Morgan fingerprint density at radius 2 is 1.92 bits per heavy atom. The molecule has 0 aromatic heterocycles. The van der Waals surface area contributed by atoms with E-state index in [2.05, 4.69) is 10.6 Å². The van der Waals surface area contributed by atoms with Gasteiger partial charge in [0.05, 0.1) is 4.90 Å². The Kier molecular flexibility index (Phi) is 7.88. The first-order valence-electron chi connectivity index (χ1n) is 9.14. The summed E-state index contributed by atoms with van der Waals surface area (Å²) in [4.78, 5) is 12.9. The van der Waals surface area contributed by atoms with Crippen LogP contribution in [0, 0.1) is 5.92 Å². The lowest BCUT2D eigenvalue weighted by Crippen LogP contribution is -2.52. The third kappa shape index (κ3) is 4.97. The van der Waals surface area contributed by atoms with Crippen molar-refractivity contribution in [1.82, 2.24) is 14.9 Å². The smallest absolute Gasteiger partial charge is 0.243 e. The molecule has 1 aromatic carbocycles. The molecule has 3 rings (SSSR count). The third-order valence-corrected chi connectivity index (χ3v) is 6.99. The van der Waals surface area contributed by atoms with Crippen molar-refractivity contribution >= 4 is 28.3 Å². The van der Waals surface area contributed by atoms with E-state index in [-0.39, 0.29) is 23.2 Å². The number of nitrogens with zero attached hydrogens (tertiary/aromatic N) is 1. The van der Waals surface area contributed by atoms with Crippen LogP contribution >= 0.6 is 12.4 Å². The molecular weight excluding hydrogens is 374 g/mol. The number of carbonyl (C=O) groups excluding carboxylic acids is 1. The molecule has 2 atom stereocenters. The molecule has 2 heterocycles. The number of halogens is 1. The van der Waals surface area contributed by atoms with Crippen molar-refractivity contribution in [2.24, 2.45) is 5.92 Å². The number of hydrogen-bond donors (Lipinski definition) is 2. The number of carbonyl (C=O) groups is 1. The number of hydrogen-bond acceptors (Lipinski definition) is 4. The van der Waals surface area contributed by atoms with E-state index in [1.54, 1.807) is 30.3 Å². The standard InChI is InChI=1S/C18H27N3O3S.ClH/c22-18(20-14-15-7-6-11-19-13-15)17-10-4-5-12-21(17)25(23,24)16-8-2-1-3-9-16;/h1-3,8-9,15,17,19H,4-7,10-14H2,(H,20,22);1H. The Morgan fingerprint density at radius 3 is 2.62 bits per heavy atom. The second-order valence-electron chi connectivity index (χ2n) is 6.90. The summed E-state index contributed by atoms with van der Waals surface area (Å²) in [6.07, 6.45) is 4.48. The first kappa shape index (κ1) is 21.2. The van der Waals surface area contributed by atoms with E-state index in [9.17, 15) is 13.2 Å². The van der Waals surface area contributed by atoms with E-state index in [0.717, 1.165) is 38.8 Å². The number of sulfonamides is 1. The first-order chi connectivity index (χ1) is 12.1. The third-order valence-electron chi connectivity index (χ3n) is 5.07. The number of nitrogens with one attached hydrogen (secondary N) is 2. The maximum absolute atomic E-state index is 12.9. The Bertz CT molecular complexity index is 678. The lowest BCUT2D eigenvalue weighted by molar-refractivity contribution is -0.125. The molecule has 1 aromatic rings. The van der Waals surface area contributed by atoms with E-state index < -0.39 is 16.1 Å². The quantitative estimate of drug-likeness (QED) is 0.788. The molecule has 2 unspecified atom stereocenters. The zero-order chi connectivity index (χ0) is 17.7. The molecule has 2 N–H and O–H groups in total. The van der Waals surface area contributed by atoms with Gasteiger partial charge in [0.15, 0.2) is 0 Å². The van der Waals surface area contributed by atoms with Crippen LogP contribution in [-0.2, 0) is 14.8 Å². The minimum Gasteiger partial charge on any atom is -0.354 e. The average molecular weight is 402 g/mol. The fraction of sp³-hybridized carbons (Fsp3) is 0.611. The van der Waals surface area contributed by atoms with E-state index in [4.69, 9.17) is 0 Å². The zero-order valence-corrected chi connectivity index (χ0v) is 16.5. The maximum Gasteiger partial charge on any atom is 0.243 e. The van der Waals surface area contributed by atoms with E-state index >= 15 is 0 Å². The lowest BCUT2D eigenvalue weighted by atomic mass is 9.99. The molecule has 2 aliphatic heterocycles. The predicted octanol–water partition coefficient (Wildman–Crippen LogP) is 1.77. The summed E-state index contributed by atoms with van der Waals surface area (Å²) in [6, 6.07) is 7.79. The van der Waals surface area contributed by atoms with Gasteiger partial charge in [-0.1, -0.05) is 24.6 Å². The van der Waals surface area contributed by atoms with Crippen LogP contribution < -0.4 is 10.6 Å². The van der Waals surface area contributed by atoms with Crippen molar-refractivity contribution in [2.45, 2.75) is 43.0 Å². The van der Waals surface area contributed by atoms with E-state index in [0.29, 0.717) is 25.4 Å². The van der Waals surface area contributed by atoms with Crippen molar-refractivity contribution in [3.05, 3.63) is 30.3 Å². The molecule has 0 saturated carbocycles. The molecule has 2 aliphatic rings. The van der Waals surface area contributed by atoms with Gasteiger partial charge < -0.3 is 10.6 Å². The summed E-state index contributed by atoms with van der Waals surface area (Å²) in [5, 5.41) is 6.33. The van der Waals surface area contributed by atoms with Crippen LogP contribution in [0.4, 0.5) is 0 Å². The topological polar surface area (TPSA) is 78.5 Å². The Hall–Kier alpha value is -1.15. The highest BCUT2D eigenvalue weighted by molar-refractivity contribution is 7.89. The van der Waals surface area contributed by atoms with Gasteiger partial charge in [0.1, 0.15) is 6.04 Å². The second-order valence-corrected chi connectivity index (χ2v) is 8.79. The largest absolute Gasteiger partial charge is 0.354 e. The summed E-state index contributed by atoms with van der Waals surface area (Å²) < 4.78 is 27.3. The van der Waals surface area contributed by atoms with Gasteiger partial charge in [-0.3, -0.25) is 4.79 Å². The van der Waals surface area contributed by atoms with Gasteiger partial charge in [0, 0.05) is 13.1 Å². The fourth-order valence-electron chi connectivity index (χ4n) is 3.64. The molecule has 2 saturated heterocycles. The second kappa shape index (κ2) is 9.69. The van der Waals surface area contributed by atoms with Crippen LogP contribution in [0.1, 0.15) is 32.1 Å². The zero-order valence-electron chi connectivity index (χ0n) is 14.9. The van der Waals surface area contributed by atoms with Gasteiger partial charge in [0.2, 0.25) is 15.9 Å². The summed E-state index contributed by atoms with van der Waals surface area (Å²) in [5.41, 5.74) is 0. The van der Waals surface area contributed by atoms with Crippen molar-refractivity contribution in [3.63, 3.8) is 0 Å². The SMILES string of the molecule is Cl.O=C(NCC1CCCNC1)C1CCCCN1S(=O)(=O)c1ccccc1. The normalized spacial score (nSPS) is 24.5. The lowest BCUT2D eigenvalue weighted by Gasteiger charge is -2.34. The first-order valence-corrected chi connectivity index (χ1v) is 10.6. The van der Waals surface area contributed by atoms with E-state index in [1.807, 2.05) is 0 Å². The van der Waals surface area contributed by atoms with Gasteiger partial charge in [-0.15, -0.1) is 12.4 Å². The minimum absolute atomic E-state index is 0. The molecule has 1 amide bonds. The molecule has 26 heavy (non-hydrogen) atoms. The molecule has 6 nitrogen and oxygen atoms in total. The summed E-state index contributed by atoms with van der Waals surface area (Å²) in [6.45, 7) is 2.97. The Balaban J connectivity index is 0.00000243. The molecule has 0 radical (unpaired) electrons. The average Bonchev–Trinajstić information content (AvgIpc) is 2.67. The van der Waals surface area contributed by atoms with Gasteiger partial charge in [0.25, 0.3) is 0 Å². The molecule has 0 bridgehead atoms. The molecule has 8 heteroatoms. The number of benzene rings is 1. The molecule has 0 aliphatic carbocycles. The molecule has 2 fully saturated rings. The monoisotopic (exact) mass is 401 g/mol. The van der Waals surface area contributed by atoms with Gasteiger partial charge in [-0.2, -0.15) is 4.31 Å². The van der Waals surface area contributed by atoms with Gasteiger partial charge >= 0.3 is 0 Å². The van der Waals surface area contributed by atoms with Crippen LogP contribution in [0.2, 0.25) is 0 Å². The number of amides is 1. The van der Waals surface area contributed by atoms with Crippen molar-refractivity contribution in [1.29, 1.82) is 0 Å². The molecule has 0 spiro atoms. The minimum atomic E-state index is -3.64. The summed E-state index contributed by atoms with van der Waals surface area (Å²) in [5.74, 6) is 0.269. The van der Waals surface area contributed by atoms with Crippen LogP contribution in [0.3, 0.4) is 0 Å². The maximum atomic E-state index is 12.9. The fourth-order valence-corrected chi connectivity index (χ4v) is 5.32. The highest BCUT2D eigenvalue weighted by Crippen LogP contribution is 2.25. The van der Waals surface area contributed by atoms with Crippen molar-refractivity contribution in [3.8, 4) is 0 Å².